The molecule has 3 nitrogen and oxygen atoms in total. The van der Waals surface area contributed by atoms with Crippen molar-refractivity contribution in [2.45, 2.75) is 13.0 Å². The van der Waals surface area contributed by atoms with E-state index in [-0.39, 0.29) is 11.9 Å². The van der Waals surface area contributed by atoms with Gasteiger partial charge in [-0.05, 0) is 53.2 Å². The molecule has 5 heteroatoms. The maximum atomic E-state index is 12.9. The van der Waals surface area contributed by atoms with Crippen LogP contribution >= 0.6 is 15.9 Å². The van der Waals surface area contributed by atoms with Crippen molar-refractivity contribution in [3.63, 3.8) is 0 Å². The Balaban J connectivity index is 2.18. The monoisotopic (exact) mass is 310 g/mol. The molecule has 1 heterocycles. The second-order valence-electron chi connectivity index (χ2n) is 3.88. The van der Waals surface area contributed by atoms with Crippen molar-refractivity contribution in [2.24, 2.45) is 5.73 Å². The molecule has 0 spiro atoms. The number of nitrogens with two attached hydrogens (primary N) is 1. The van der Waals surface area contributed by atoms with E-state index >= 15 is 0 Å². The average Bonchev–Trinajstić information content (AvgIpc) is 2.33. The quantitative estimate of drug-likeness (QED) is 0.938. The van der Waals surface area contributed by atoms with Crippen molar-refractivity contribution >= 4 is 15.9 Å². The first kappa shape index (κ1) is 13.0. The molecule has 0 saturated heterocycles. The molecule has 0 amide bonds. The summed E-state index contributed by atoms with van der Waals surface area (Å²) in [6.45, 7) is 1.86. The van der Waals surface area contributed by atoms with Crippen LogP contribution in [-0.4, -0.2) is 4.98 Å². The van der Waals surface area contributed by atoms with Crippen molar-refractivity contribution in [3.8, 4) is 11.5 Å². The smallest absolute Gasteiger partial charge is 0.145 e. The van der Waals surface area contributed by atoms with Gasteiger partial charge in [0, 0.05) is 6.04 Å². The molecule has 1 atom stereocenters. The largest absolute Gasteiger partial charge is 0.455 e. The van der Waals surface area contributed by atoms with Crippen molar-refractivity contribution in [1.82, 2.24) is 4.98 Å². The normalized spacial score (nSPS) is 12.2. The van der Waals surface area contributed by atoms with Crippen LogP contribution < -0.4 is 10.5 Å². The lowest BCUT2D eigenvalue weighted by Crippen LogP contribution is -2.06. The molecule has 18 heavy (non-hydrogen) atoms. The third kappa shape index (κ3) is 3.05. The van der Waals surface area contributed by atoms with Crippen molar-refractivity contribution in [3.05, 3.63) is 52.5 Å². The SMILES string of the molecule is C[C@@H](N)c1ccc(Oc2ccc(F)cc2Br)cn1. The lowest BCUT2D eigenvalue weighted by atomic mass is 10.2. The summed E-state index contributed by atoms with van der Waals surface area (Å²) in [6, 6.07) is 7.71. The molecule has 2 rings (SSSR count). The van der Waals surface area contributed by atoms with Gasteiger partial charge in [0.15, 0.2) is 0 Å². The van der Waals surface area contributed by atoms with Crippen molar-refractivity contribution in [1.29, 1.82) is 0 Å². The van der Waals surface area contributed by atoms with Gasteiger partial charge in [0.05, 0.1) is 16.4 Å². The number of ether oxygens (including phenoxy) is 1. The molecule has 0 saturated carbocycles. The Morgan fingerprint density at radius 1 is 1.33 bits per heavy atom. The molecule has 0 radical (unpaired) electrons. The standard InChI is InChI=1S/C13H12BrFN2O/c1-8(16)12-4-3-10(7-17-12)18-13-5-2-9(15)6-11(13)14/h2-8H,16H2,1H3/t8-/m1/s1. The molecule has 2 aromatic rings. The van der Waals surface area contributed by atoms with Crippen molar-refractivity contribution in [2.75, 3.05) is 0 Å². The molecule has 0 aliphatic rings. The van der Waals surface area contributed by atoms with Gasteiger partial charge >= 0.3 is 0 Å². The second kappa shape index (κ2) is 5.46. The molecule has 0 fully saturated rings. The average molecular weight is 311 g/mol. The Labute approximate surface area is 113 Å². The third-order valence-electron chi connectivity index (χ3n) is 2.35. The van der Waals surface area contributed by atoms with Gasteiger partial charge in [-0.25, -0.2) is 4.39 Å². The van der Waals surface area contributed by atoms with Crippen LogP contribution in [0.5, 0.6) is 11.5 Å². The van der Waals surface area contributed by atoms with Gasteiger partial charge in [-0.2, -0.15) is 0 Å². The van der Waals surface area contributed by atoms with E-state index in [4.69, 9.17) is 10.5 Å². The van der Waals surface area contributed by atoms with Gasteiger partial charge in [-0.3, -0.25) is 4.98 Å². The van der Waals surface area contributed by atoms with Gasteiger partial charge in [0.2, 0.25) is 0 Å². The van der Waals surface area contributed by atoms with E-state index in [1.807, 2.05) is 6.92 Å². The van der Waals surface area contributed by atoms with E-state index in [9.17, 15) is 4.39 Å². The number of benzene rings is 1. The van der Waals surface area contributed by atoms with Crippen molar-refractivity contribution < 1.29 is 9.13 Å². The van der Waals surface area contributed by atoms with Crippen LogP contribution in [-0.2, 0) is 0 Å². The minimum absolute atomic E-state index is 0.114. The molecule has 0 bridgehead atoms. The van der Waals surface area contributed by atoms with Crippen LogP contribution in [0.3, 0.4) is 0 Å². The first-order valence-corrected chi connectivity index (χ1v) is 6.20. The van der Waals surface area contributed by atoms with Gasteiger partial charge < -0.3 is 10.5 Å². The van der Waals surface area contributed by atoms with E-state index in [1.165, 1.54) is 12.1 Å². The van der Waals surface area contributed by atoms with E-state index in [0.29, 0.717) is 16.0 Å². The summed E-state index contributed by atoms with van der Waals surface area (Å²) in [7, 11) is 0. The summed E-state index contributed by atoms with van der Waals surface area (Å²) < 4.78 is 19.1. The lowest BCUT2D eigenvalue weighted by Gasteiger charge is -2.09. The van der Waals surface area contributed by atoms with Gasteiger partial charge in [0.25, 0.3) is 0 Å². The fourth-order valence-corrected chi connectivity index (χ4v) is 1.84. The molecule has 94 valence electrons. The maximum absolute atomic E-state index is 12.9. The minimum atomic E-state index is -0.320. The summed E-state index contributed by atoms with van der Waals surface area (Å²) in [5.74, 6) is 0.790. The molecule has 2 N–H and O–H groups in total. The topological polar surface area (TPSA) is 48.1 Å². The molecular formula is C13H12BrFN2O. The summed E-state index contributed by atoms with van der Waals surface area (Å²) in [6.07, 6.45) is 1.59. The Bertz CT molecular complexity index is 543. The Kier molecular flexibility index (Phi) is 3.93. The van der Waals surface area contributed by atoms with Crippen LogP contribution in [0, 0.1) is 5.82 Å². The number of hydrogen-bond acceptors (Lipinski definition) is 3. The Morgan fingerprint density at radius 2 is 2.11 bits per heavy atom. The zero-order valence-corrected chi connectivity index (χ0v) is 11.3. The summed E-state index contributed by atoms with van der Waals surface area (Å²) in [5, 5.41) is 0. The fraction of sp³-hybridized carbons (Fsp3) is 0.154. The highest BCUT2D eigenvalue weighted by Crippen LogP contribution is 2.30. The summed E-state index contributed by atoms with van der Waals surface area (Å²) in [4.78, 5) is 4.18. The van der Waals surface area contributed by atoms with Crippen LogP contribution in [0.4, 0.5) is 4.39 Å². The molecular weight excluding hydrogens is 299 g/mol. The molecule has 1 aromatic heterocycles. The maximum Gasteiger partial charge on any atom is 0.145 e. The number of halogens is 2. The molecule has 1 aromatic carbocycles. The molecule has 0 aliphatic carbocycles. The summed E-state index contributed by atoms with van der Waals surface area (Å²) in [5.41, 5.74) is 6.50. The molecule has 0 unspecified atom stereocenters. The van der Waals surface area contributed by atoms with Gasteiger partial charge in [-0.1, -0.05) is 0 Å². The highest BCUT2D eigenvalue weighted by atomic mass is 79.9. The first-order chi connectivity index (χ1) is 8.56. The minimum Gasteiger partial charge on any atom is -0.455 e. The predicted molar refractivity (Wildman–Crippen MR) is 71.0 cm³/mol. The van der Waals surface area contributed by atoms with Crippen LogP contribution in [0.1, 0.15) is 18.7 Å². The number of aromatic nitrogens is 1. The van der Waals surface area contributed by atoms with Crippen LogP contribution in [0.25, 0.3) is 0 Å². The zero-order valence-electron chi connectivity index (χ0n) is 9.73. The van der Waals surface area contributed by atoms with E-state index in [1.54, 1.807) is 24.4 Å². The van der Waals surface area contributed by atoms with E-state index < -0.39 is 0 Å². The summed E-state index contributed by atoms with van der Waals surface area (Å²) >= 11 is 3.24. The number of hydrogen-bond donors (Lipinski definition) is 1. The van der Waals surface area contributed by atoms with Crippen LogP contribution in [0.2, 0.25) is 0 Å². The highest BCUT2D eigenvalue weighted by molar-refractivity contribution is 9.10. The lowest BCUT2D eigenvalue weighted by molar-refractivity contribution is 0.474. The van der Waals surface area contributed by atoms with Gasteiger partial charge in [-0.15, -0.1) is 0 Å². The number of nitrogens with zero attached hydrogens (tertiary/aromatic N) is 1. The number of pyridine rings is 1. The fourth-order valence-electron chi connectivity index (χ4n) is 1.41. The second-order valence-corrected chi connectivity index (χ2v) is 4.74. The highest BCUT2D eigenvalue weighted by Gasteiger charge is 2.05. The zero-order chi connectivity index (χ0) is 13.1. The Morgan fingerprint density at radius 3 is 2.67 bits per heavy atom. The third-order valence-corrected chi connectivity index (χ3v) is 2.97. The Hall–Kier alpha value is -1.46. The van der Waals surface area contributed by atoms with Gasteiger partial charge in [0.1, 0.15) is 17.3 Å². The van der Waals surface area contributed by atoms with E-state index in [0.717, 1.165) is 5.69 Å². The van der Waals surface area contributed by atoms with E-state index in [2.05, 4.69) is 20.9 Å². The predicted octanol–water partition coefficient (Wildman–Crippen LogP) is 3.80. The molecule has 0 aliphatic heterocycles. The van der Waals surface area contributed by atoms with Crippen LogP contribution in [0.15, 0.2) is 41.0 Å². The first-order valence-electron chi connectivity index (χ1n) is 5.40. The number of rotatable bonds is 3.